The maximum absolute atomic E-state index is 11.1. The van der Waals surface area contributed by atoms with Gasteiger partial charge in [-0.05, 0) is 12.1 Å². The van der Waals surface area contributed by atoms with Gasteiger partial charge in [0, 0.05) is 0 Å². The fourth-order valence-electron chi connectivity index (χ4n) is 0.784. The number of alkyl halides is 1. The Labute approximate surface area is 86.5 Å². The van der Waals surface area contributed by atoms with E-state index in [4.69, 9.17) is 21.2 Å². The van der Waals surface area contributed by atoms with E-state index in [0.29, 0.717) is 0 Å². The zero-order chi connectivity index (χ0) is 10.6. The third kappa shape index (κ3) is 3.22. The van der Waals surface area contributed by atoms with Crippen LogP contribution >= 0.6 is 19.0 Å². The molecule has 14 heavy (non-hydrogen) atoms. The highest BCUT2D eigenvalue weighted by atomic mass is 35.5. The highest BCUT2D eigenvalue weighted by Gasteiger charge is 2.17. The summed E-state index contributed by atoms with van der Waals surface area (Å²) in [4.78, 5) is 9.09. The van der Waals surface area contributed by atoms with Crippen LogP contribution in [0, 0.1) is 0 Å². The van der Waals surface area contributed by atoms with E-state index in [9.17, 15) is 9.67 Å². The van der Waals surface area contributed by atoms with Crippen LogP contribution in [-0.2, 0) is 4.57 Å². The quantitative estimate of drug-likeness (QED) is 0.621. The monoisotopic (exact) mass is 236 g/mol. The molecular weight excluding hydrogens is 227 g/mol. The summed E-state index contributed by atoms with van der Waals surface area (Å²) >= 11 is 5.24. The van der Waals surface area contributed by atoms with E-state index in [2.05, 4.69) is 0 Å². The second kappa shape index (κ2) is 4.69. The summed E-state index contributed by atoms with van der Waals surface area (Å²) in [5, 5.41) is 9.25. The van der Waals surface area contributed by atoms with Gasteiger partial charge in [-0.15, -0.1) is 11.6 Å². The van der Waals surface area contributed by atoms with Gasteiger partial charge in [0.05, 0.1) is 0 Å². The van der Waals surface area contributed by atoms with E-state index < -0.39 is 13.7 Å². The summed E-state index contributed by atoms with van der Waals surface area (Å²) in [7, 11) is -3.43. The number of hydrogen-bond acceptors (Lipinski definition) is 3. The number of aromatic hydroxyl groups is 1. The van der Waals surface area contributed by atoms with Crippen LogP contribution in [0.2, 0.25) is 0 Å². The van der Waals surface area contributed by atoms with Gasteiger partial charge in [-0.3, -0.25) is 4.57 Å². The Bertz CT molecular complexity index is 355. The molecule has 0 bridgehead atoms. The second-order valence-electron chi connectivity index (χ2n) is 2.71. The standard InChI is InChI=1S/C8H10ClO4P/c9-5-14(11,12)6-13-8-4-2-1-3-7(8)10/h1-4,10H,5-6H2,(H,11,12). The minimum atomic E-state index is -3.43. The number of ether oxygens (including phenoxy) is 1. The van der Waals surface area contributed by atoms with E-state index in [0.717, 1.165) is 0 Å². The van der Waals surface area contributed by atoms with Gasteiger partial charge in [-0.1, -0.05) is 12.1 Å². The molecule has 0 aliphatic rings. The molecule has 78 valence electrons. The fraction of sp³-hybridized carbons (Fsp3) is 0.250. The second-order valence-corrected chi connectivity index (χ2v) is 5.61. The molecule has 4 nitrogen and oxygen atoms in total. The number of halogens is 1. The summed E-state index contributed by atoms with van der Waals surface area (Å²) in [6.07, 6.45) is -0.395. The van der Waals surface area contributed by atoms with Gasteiger partial charge in [-0.25, -0.2) is 0 Å². The normalized spacial score (nSPS) is 14.7. The van der Waals surface area contributed by atoms with Crippen LogP contribution in [0.25, 0.3) is 0 Å². The van der Waals surface area contributed by atoms with Crippen molar-refractivity contribution in [3.63, 3.8) is 0 Å². The van der Waals surface area contributed by atoms with Crippen LogP contribution in [0.3, 0.4) is 0 Å². The van der Waals surface area contributed by atoms with Crippen molar-refractivity contribution in [1.82, 2.24) is 0 Å². The molecule has 0 saturated heterocycles. The van der Waals surface area contributed by atoms with Crippen molar-refractivity contribution in [3.05, 3.63) is 24.3 Å². The van der Waals surface area contributed by atoms with E-state index in [1.165, 1.54) is 12.1 Å². The van der Waals surface area contributed by atoms with Crippen molar-refractivity contribution < 1.29 is 19.3 Å². The van der Waals surface area contributed by atoms with Gasteiger partial charge in [-0.2, -0.15) is 0 Å². The Morgan fingerprint density at radius 2 is 2.07 bits per heavy atom. The lowest BCUT2D eigenvalue weighted by molar-refractivity contribution is 0.331. The Morgan fingerprint density at radius 3 is 2.64 bits per heavy atom. The summed E-state index contributed by atoms with van der Waals surface area (Å²) in [5.41, 5.74) is -0.361. The molecule has 1 unspecified atom stereocenters. The molecule has 0 heterocycles. The molecule has 1 aromatic rings. The molecular formula is C8H10ClO4P. The molecule has 2 N–H and O–H groups in total. The summed E-state index contributed by atoms with van der Waals surface area (Å²) in [5.74, 6) is 0.106. The SMILES string of the molecule is O=P(O)(CCl)COc1ccccc1O. The number of phenolic OH excluding ortho intramolecular Hbond substituents is 1. The van der Waals surface area contributed by atoms with Gasteiger partial charge in [0.1, 0.15) is 5.62 Å². The molecule has 0 aliphatic heterocycles. The maximum atomic E-state index is 11.1. The lowest BCUT2D eigenvalue weighted by atomic mass is 10.3. The van der Waals surface area contributed by atoms with Crippen molar-refractivity contribution in [2.75, 3.05) is 12.0 Å². The minimum Gasteiger partial charge on any atom is -0.504 e. The van der Waals surface area contributed by atoms with Crippen LogP contribution in [0.15, 0.2) is 24.3 Å². The maximum Gasteiger partial charge on any atom is 0.251 e. The predicted octanol–water partition coefficient (Wildman–Crippen LogP) is 2.20. The Morgan fingerprint density at radius 1 is 1.43 bits per heavy atom. The number of benzene rings is 1. The summed E-state index contributed by atoms with van der Waals surface area (Å²) in [6, 6.07) is 6.21. The van der Waals surface area contributed by atoms with Crippen molar-refractivity contribution >= 4 is 19.0 Å². The van der Waals surface area contributed by atoms with Crippen molar-refractivity contribution in [2.45, 2.75) is 0 Å². The summed E-state index contributed by atoms with van der Waals surface area (Å²) in [6.45, 7) is 0. The molecule has 0 aliphatic carbocycles. The highest BCUT2D eigenvalue weighted by Crippen LogP contribution is 2.42. The first kappa shape index (κ1) is 11.4. The molecule has 1 rings (SSSR count). The van der Waals surface area contributed by atoms with Crippen LogP contribution in [0.5, 0.6) is 11.5 Å². The van der Waals surface area contributed by atoms with Gasteiger partial charge in [0.25, 0.3) is 7.37 Å². The molecule has 6 heteroatoms. The molecule has 0 radical (unpaired) electrons. The zero-order valence-electron chi connectivity index (χ0n) is 7.26. The largest absolute Gasteiger partial charge is 0.504 e. The first-order valence-corrected chi connectivity index (χ1v) is 6.39. The zero-order valence-corrected chi connectivity index (χ0v) is 8.91. The van der Waals surface area contributed by atoms with Gasteiger partial charge >= 0.3 is 0 Å². The molecule has 0 amide bonds. The number of rotatable bonds is 4. The minimum absolute atomic E-state index is 0.0675. The van der Waals surface area contributed by atoms with Crippen LogP contribution < -0.4 is 4.74 Å². The first-order valence-electron chi connectivity index (χ1n) is 3.83. The van der Waals surface area contributed by atoms with E-state index in [-0.39, 0.29) is 17.1 Å². The Kier molecular flexibility index (Phi) is 3.81. The predicted molar refractivity (Wildman–Crippen MR) is 54.1 cm³/mol. The smallest absolute Gasteiger partial charge is 0.251 e. The molecule has 0 saturated carbocycles. The molecule has 0 spiro atoms. The number of hydrogen-bond donors (Lipinski definition) is 2. The Balaban J connectivity index is 2.63. The van der Waals surface area contributed by atoms with E-state index in [1.54, 1.807) is 12.1 Å². The van der Waals surface area contributed by atoms with Gasteiger partial charge < -0.3 is 14.7 Å². The van der Waals surface area contributed by atoms with Crippen molar-refractivity contribution in [2.24, 2.45) is 0 Å². The average Bonchev–Trinajstić information content (AvgIpc) is 2.17. The van der Waals surface area contributed by atoms with Crippen molar-refractivity contribution in [3.8, 4) is 11.5 Å². The lowest BCUT2D eigenvalue weighted by Crippen LogP contribution is -1.99. The molecule has 0 fully saturated rings. The molecule has 1 atom stereocenters. The van der Waals surface area contributed by atoms with Crippen LogP contribution in [0.1, 0.15) is 0 Å². The van der Waals surface area contributed by atoms with E-state index in [1.807, 2.05) is 0 Å². The third-order valence-corrected chi connectivity index (χ3v) is 3.50. The fourth-order valence-corrected chi connectivity index (χ4v) is 1.40. The van der Waals surface area contributed by atoms with Gasteiger partial charge in [0.15, 0.2) is 17.8 Å². The number of para-hydroxylation sites is 2. The highest BCUT2D eigenvalue weighted by molar-refractivity contribution is 7.59. The average molecular weight is 237 g/mol. The lowest BCUT2D eigenvalue weighted by Gasteiger charge is -2.10. The number of phenols is 1. The topological polar surface area (TPSA) is 66.8 Å². The third-order valence-electron chi connectivity index (χ3n) is 1.47. The first-order chi connectivity index (χ1) is 6.55. The van der Waals surface area contributed by atoms with Crippen molar-refractivity contribution in [1.29, 1.82) is 0 Å². The van der Waals surface area contributed by atoms with Gasteiger partial charge in [0.2, 0.25) is 0 Å². The molecule has 0 aromatic heterocycles. The van der Waals surface area contributed by atoms with Crippen LogP contribution in [-0.4, -0.2) is 22.0 Å². The summed E-state index contributed by atoms with van der Waals surface area (Å²) < 4.78 is 16.0. The van der Waals surface area contributed by atoms with E-state index >= 15 is 0 Å². The van der Waals surface area contributed by atoms with Crippen LogP contribution in [0.4, 0.5) is 0 Å². The Hall–Kier alpha value is -0.700. The molecule has 1 aromatic carbocycles.